The molecule has 1 atom stereocenters. The number of halogens is 1. The molecular weight excluding hydrogens is 510 g/mol. The summed E-state index contributed by atoms with van der Waals surface area (Å²) in [4.78, 5) is 31.3. The van der Waals surface area contributed by atoms with Gasteiger partial charge in [0.25, 0.3) is 5.91 Å². The number of benzene rings is 2. The van der Waals surface area contributed by atoms with Crippen molar-refractivity contribution in [2.45, 2.75) is 24.3 Å². The highest BCUT2D eigenvalue weighted by molar-refractivity contribution is 7.91. The molecular formula is C23H26ClN5O4S2. The highest BCUT2D eigenvalue weighted by Crippen LogP contribution is 2.28. The van der Waals surface area contributed by atoms with Crippen LogP contribution < -0.4 is 16.0 Å². The van der Waals surface area contributed by atoms with E-state index in [0.29, 0.717) is 22.7 Å². The summed E-state index contributed by atoms with van der Waals surface area (Å²) in [6.45, 7) is 5.62. The van der Waals surface area contributed by atoms with Crippen molar-refractivity contribution in [1.82, 2.24) is 20.5 Å². The van der Waals surface area contributed by atoms with Crippen LogP contribution in [0, 0.1) is 0 Å². The molecule has 1 unspecified atom stereocenters. The summed E-state index contributed by atoms with van der Waals surface area (Å²) in [5, 5.41) is 8.58. The number of urea groups is 1. The van der Waals surface area contributed by atoms with Gasteiger partial charge in [-0.2, -0.15) is 0 Å². The van der Waals surface area contributed by atoms with Crippen molar-refractivity contribution in [3.63, 3.8) is 0 Å². The van der Waals surface area contributed by atoms with E-state index in [0.717, 1.165) is 37.5 Å². The first-order valence-electron chi connectivity index (χ1n) is 11.2. The third kappa shape index (κ3) is 6.56. The van der Waals surface area contributed by atoms with E-state index in [1.54, 1.807) is 30.3 Å². The molecule has 0 aliphatic carbocycles. The van der Waals surface area contributed by atoms with Gasteiger partial charge in [-0.05, 0) is 50.2 Å². The van der Waals surface area contributed by atoms with Crippen LogP contribution in [0.15, 0.2) is 47.4 Å². The minimum Gasteiger partial charge on any atom is -0.312 e. The van der Waals surface area contributed by atoms with Crippen molar-refractivity contribution in [1.29, 1.82) is 0 Å². The molecule has 3 aromatic rings. The van der Waals surface area contributed by atoms with E-state index in [9.17, 15) is 18.0 Å². The molecule has 1 aliphatic heterocycles. The van der Waals surface area contributed by atoms with E-state index in [1.807, 2.05) is 0 Å². The minimum absolute atomic E-state index is 0.0628. The number of aromatic nitrogens is 1. The van der Waals surface area contributed by atoms with Gasteiger partial charge in [0.1, 0.15) is 0 Å². The molecule has 0 saturated carbocycles. The molecule has 186 valence electrons. The van der Waals surface area contributed by atoms with Crippen molar-refractivity contribution in [3.8, 4) is 0 Å². The third-order valence-corrected chi connectivity index (χ3v) is 8.69. The second-order valence-electron chi connectivity index (χ2n) is 8.36. The van der Waals surface area contributed by atoms with Gasteiger partial charge in [-0.3, -0.25) is 15.4 Å². The van der Waals surface area contributed by atoms with Crippen molar-refractivity contribution in [2.24, 2.45) is 0 Å². The van der Waals surface area contributed by atoms with Crippen molar-refractivity contribution >= 4 is 60.1 Å². The van der Waals surface area contributed by atoms with Crippen LogP contribution in [0.3, 0.4) is 0 Å². The van der Waals surface area contributed by atoms with Gasteiger partial charge in [-0.25, -0.2) is 18.2 Å². The molecule has 3 N–H and O–H groups in total. The number of sulfone groups is 1. The second-order valence-corrected chi connectivity index (χ2v) is 11.9. The molecule has 1 aromatic heterocycles. The normalized spacial score (nSPS) is 16.8. The number of hydrogen-bond donors (Lipinski definition) is 3. The molecule has 0 spiro atoms. The summed E-state index contributed by atoms with van der Waals surface area (Å²) in [7, 11) is -3.45. The lowest BCUT2D eigenvalue weighted by molar-refractivity contribution is 0.0967. The van der Waals surface area contributed by atoms with Crippen LogP contribution in [-0.2, 0) is 9.84 Å². The Morgan fingerprint density at radius 3 is 2.83 bits per heavy atom. The Bertz CT molecular complexity index is 1340. The Morgan fingerprint density at radius 1 is 1.26 bits per heavy atom. The molecule has 3 amide bonds. The summed E-state index contributed by atoms with van der Waals surface area (Å²) < 4.78 is 26.4. The quantitative estimate of drug-likeness (QED) is 0.424. The number of thiazole rings is 1. The summed E-state index contributed by atoms with van der Waals surface area (Å²) in [5.41, 5.74) is 0.728. The van der Waals surface area contributed by atoms with Crippen LogP contribution in [0.25, 0.3) is 10.2 Å². The van der Waals surface area contributed by atoms with E-state index in [2.05, 4.69) is 32.8 Å². The molecule has 4 rings (SSSR count). The highest BCUT2D eigenvalue weighted by atomic mass is 35.5. The van der Waals surface area contributed by atoms with Crippen LogP contribution in [-0.4, -0.2) is 68.2 Å². The topological polar surface area (TPSA) is 120 Å². The maximum atomic E-state index is 12.9. The van der Waals surface area contributed by atoms with Crippen molar-refractivity contribution in [2.75, 3.05) is 37.2 Å². The van der Waals surface area contributed by atoms with Crippen LogP contribution in [0.1, 0.15) is 23.7 Å². The molecule has 1 saturated heterocycles. The SMILES string of the molecule is CC1CN(CCCS(=O)(=O)c2ccc3nc(NC(=O)NC(=O)c4ccccc4Cl)sc3c2)CCN1. The number of imide groups is 1. The lowest BCUT2D eigenvalue weighted by Crippen LogP contribution is -2.49. The smallest absolute Gasteiger partial charge is 0.312 e. The van der Waals surface area contributed by atoms with Crippen molar-refractivity contribution in [3.05, 3.63) is 53.1 Å². The number of nitrogens with zero attached hydrogens (tertiary/aromatic N) is 2. The van der Waals surface area contributed by atoms with Gasteiger partial charge in [-0.15, -0.1) is 0 Å². The van der Waals surface area contributed by atoms with Crippen LogP contribution >= 0.6 is 22.9 Å². The van der Waals surface area contributed by atoms with E-state index in [1.165, 1.54) is 12.1 Å². The van der Waals surface area contributed by atoms with Crippen molar-refractivity contribution < 1.29 is 18.0 Å². The molecule has 2 aromatic carbocycles. The van der Waals surface area contributed by atoms with Crippen LogP contribution in [0.4, 0.5) is 9.93 Å². The number of nitrogens with one attached hydrogen (secondary N) is 3. The van der Waals surface area contributed by atoms with Gasteiger partial charge in [0, 0.05) is 25.7 Å². The summed E-state index contributed by atoms with van der Waals surface area (Å²) in [6.07, 6.45) is 0.558. The summed E-state index contributed by atoms with van der Waals surface area (Å²) >= 11 is 7.12. The molecule has 9 nitrogen and oxygen atoms in total. The van der Waals surface area contributed by atoms with E-state index < -0.39 is 21.8 Å². The zero-order valence-electron chi connectivity index (χ0n) is 19.1. The summed E-state index contributed by atoms with van der Waals surface area (Å²) in [6, 6.07) is 10.8. The lowest BCUT2D eigenvalue weighted by Gasteiger charge is -2.31. The number of carbonyl (C=O) groups is 2. The predicted octanol–water partition coefficient (Wildman–Crippen LogP) is 3.37. The monoisotopic (exact) mass is 535 g/mol. The molecule has 0 bridgehead atoms. The van der Waals surface area contributed by atoms with Gasteiger partial charge >= 0.3 is 6.03 Å². The third-order valence-electron chi connectivity index (χ3n) is 5.63. The number of hydrogen-bond acceptors (Lipinski definition) is 8. The number of rotatable bonds is 7. The fourth-order valence-corrected chi connectivity index (χ4v) is 6.42. The zero-order chi connectivity index (χ0) is 25.0. The lowest BCUT2D eigenvalue weighted by atomic mass is 10.2. The van der Waals surface area contributed by atoms with Crippen LogP contribution in [0.2, 0.25) is 5.02 Å². The first kappa shape index (κ1) is 25.5. The maximum Gasteiger partial charge on any atom is 0.327 e. The molecule has 2 heterocycles. The standard InChI is InChI=1S/C23H26ClN5O4S2/c1-15-14-29(11-9-25-15)10-4-12-35(32,33)16-7-8-19-20(13-16)34-23(26-19)28-22(31)27-21(30)17-5-2-3-6-18(17)24/h2-3,5-8,13,15,25H,4,9-12,14H2,1H3,(H2,26,27,28,30,31). The van der Waals surface area contributed by atoms with Gasteiger partial charge in [0.05, 0.1) is 31.5 Å². The Hall–Kier alpha value is -2.57. The number of anilines is 1. The average molecular weight is 536 g/mol. The van der Waals surface area contributed by atoms with Crippen LogP contribution in [0.5, 0.6) is 0 Å². The Labute approximate surface area is 212 Å². The molecule has 12 heteroatoms. The fraction of sp³-hybridized carbons (Fsp3) is 0.348. The number of carbonyl (C=O) groups excluding carboxylic acids is 2. The molecule has 1 aliphatic rings. The molecule has 1 fully saturated rings. The first-order valence-corrected chi connectivity index (χ1v) is 14.0. The van der Waals surface area contributed by atoms with Gasteiger partial charge < -0.3 is 10.2 Å². The Balaban J connectivity index is 1.37. The number of fused-ring (bicyclic) bond motifs is 1. The van der Waals surface area contributed by atoms with E-state index in [-0.39, 0.29) is 26.4 Å². The zero-order valence-corrected chi connectivity index (χ0v) is 21.5. The molecule has 35 heavy (non-hydrogen) atoms. The minimum atomic E-state index is -3.45. The highest BCUT2D eigenvalue weighted by Gasteiger charge is 2.20. The average Bonchev–Trinajstić information content (AvgIpc) is 3.20. The second kappa shape index (κ2) is 11.0. The number of amides is 3. The maximum absolute atomic E-state index is 12.9. The fourth-order valence-electron chi connectivity index (χ4n) is 3.91. The number of piperazine rings is 1. The van der Waals surface area contributed by atoms with E-state index in [4.69, 9.17) is 11.6 Å². The van der Waals surface area contributed by atoms with Gasteiger partial charge in [0.2, 0.25) is 0 Å². The van der Waals surface area contributed by atoms with E-state index >= 15 is 0 Å². The largest absolute Gasteiger partial charge is 0.327 e. The summed E-state index contributed by atoms with van der Waals surface area (Å²) in [5.74, 6) is -0.578. The predicted molar refractivity (Wildman–Crippen MR) is 138 cm³/mol. The van der Waals surface area contributed by atoms with Gasteiger partial charge in [0.15, 0.2) is 15.0 Å². The van der Waals surface area contributed by atoms with Gasteiger partial charge in [-0.1, -0.05) is 35.1 Å². The Morgan fingerprint density at radius 2 is 2.06 bits per heavy atom. The Kier molecular flexibility index (Phi) is 8.02. The first-order chi connectivity index (χ1) is 16.7. The molecule has 0 radical (unpaired) electrons.